The minimum Gasteiger partial charge on any atom is -0.356 e. The zero-order valence-corrected chi connectivity index (χ0v) is 13.4. The van der Waals surface area contributed by atoms with Crippen LogP contribution in [0.2, 0.25) is 0 Å². The third-order valence-corrected chi connectivity index (χ3v) is 4.62. The predicted octanol–water partition coefficient (Wildman–Crippen LogP) is 3.62. The summed E-state index contributed by atoms with van der Waals surface area (Å²) in [5.74, 6) is 2.76. The van der Waals surface area contributed by atoms with Crippen molar-refractivity contribution < 1.29 is 0 Å². The molecule has 0 saturated carbocycles. The largest absolute Gasteiger partial charge is 0.356 e. The van der Waals surface area contributed by atoms with Gasteiger partial charge >= 0.3 is 0 Å². The van der Waals surface area contributed by atoms with E-state index in [1.165, 1.54) is 17.8 Å². The molecule has 1 saturated heterocycles. The van der Waals surface area contributed by atoms with Gasteiger partial charge in [-0.3, -0.25) is 0 Å². The highest BCUT2D eigenvalue weighted by Crippen LogP contribution is 2.30. The maximum Gasteiger partial charge on any atom is 0.133 e. The fourth-order valence-corrected chi connectivity index (χ4v) is 2.94. The van der Waals surface area contributed by atoms with Crippen molar-refractivity contribution in [1.29, 1.82) is 0 Å². The summed E-state index contributed by atoms with van der Waals surface area (Å²) < 4.78 is 0. The van der Waals surface area contributed by atoms with Gasteiger partial charge in [0.05, 0.1) is 0 Å². The van der Waals surface area contributed by atoms with E-state index >= 15 is 0 Å². The molecule has 1 aromatic heterocycles. The van der Waals surface area contributed by atoms with Crippen LogP contribution < -0.4 is 10.2 Å². The van der Waals surface area contributed by atoms with Gasteiger partial charge in [-0.15, -0.1) is 0 Å². The fraction of sp³-hybridized carbons (Fsp3) is 0.706. The average molecular weight is 275 g/mol. The van der Waals surface area contributed by atoms with E-state index in [9.17, 15) is 0 Å². The highest BCUT2D eigenvalue weighted by atomic mass is 15.2. The lowest BCUT2D eigenvalue weighted by molar-refractivity contribution is 0.322. The van der Waals surface area contributed by atoms with Crippen molar-refractivity contribution in [3.05, 3.63) is 23.9 Å². The first-order valence-corrected chi connectivity index (χ1v) is 8.06. The van der Waals surface area contributed by atoms with Gasteiger partial charge in [0.1, 0.15) is 5.82 Å². The van der Waals surface area contributed by atoms with Gasteiger partial charge in [0.25, 0.3) is 0 Å². The molecule has 20 heavy (non-hydrogen) atoms. The van der Waals surface area contributed by atoms with Gasteiger partial charge in [-0.1, -0.05) is 26.8 Å². The van der Waals surface area contributed by atoms with E-state index in [1.54, 1.807) is 0 Å². The van der Waals surface area contributed by atoms with Gasteiger partial charge in [-0.25, -0.2) is 4.98 Å². The second kappa shape index (κ2) is 7.07. The number of hydrogen-bond donors (Lipinski definition) is 1. The van der Waals surface area contributed by atoms with Gasteiger partial charge in [-0.05, 0) is 44.2 Å². The highest BCUT2D eigenvalue weighted by Gasteiger charge is 2.25. The van der Waals surface area contributed by atoms with E-state index < -0.39 is 0 Å². The van der Waals surface area contributed by atoms with Crippen LogP contribution in [0.25, 0.3) is 0 Å². The molecule has 2 heterocycles. The van der Waals surface area contributed by atoms with Crippen LogP contribution in [0.3, 0.4) is 0 Å². The predicted molar refractivity (Wildman–Crippen MR) is 86.1 cm³/mol. The molecule has 3 heteroatoms. The van der Waals surface area contributed by atoms with Crippen LogP contribution in [-0.2, 0) is 0 Å². The normalized spacial score (nSPS) is 24.7. The summed E-state index contributed by atoms with van der Waals surface area (Å²) >= 11 is 0. The monoisotopic (exact) mass is 275 g/mol. The summed E-state index contributed by atoms with van der Waals surface area (Å²) in [6.45, 7) is 12.5. The van der Waals surface area contributed by atoms with Gasteiger partial charge < -0.3 is 10.2 Å². The van der Waals surface area contributed by atoms with Crippen molar-refractivity contribution >= 4 is 5.82 Å². The standard InChI is InChI=1S/C17H29N3/c1-5-9-18-15(4)16-7-6-10-19-17(16)20-11-8-13(2)14(3)12-20/h6-7,10,13-15,18H,5,8-9,11-12H2,1-4H3. The minimum atomic E-state index is 0.369. The number of pyridine rings is 1. The molecular formula is C17H29N3. The Morgan fingerprint density at radius 3 is 2.90 bits per heavy atom. The molecule has 1 aliphatic rings. The molecule has 0 spiro atoms. The zero-order valence-electron chi connectivity index (χ0n) is 13.4. The zero-order chi connectivity index (χ0) is 14.5. The molecule has 1 aliphatic heterocycles. The third kappa shape index (κ3) is 3.51. The molecule has 0 amide bonds. The molecule has 1 fully saturated rings. The molecule has 2 rings (SSSR count). The summed E-state index contributed by atoms with van der Waals surface area (Å²) in [4.78, 5) is 7.15. The van der Waals surface area contributed by atoms with Crippen LogP contribution in [0.4, 0.5) is 5.82 Å². The summed E-state index contributed by atoms with van der Waals surface area (Å²) in [6, 6.07) is 4.64. The number of hydrogen-bond acceptors (Lipinski definition) is 3. The van der Waals surface area contributed by atoms with Gasteiger partial charge in [0, 0.05) is 30.9 Å². The van der Waals surface area contributed by atoms with Crippen molar-refractivity contribution in [3.63, 3.8) is 0 Å². The quantitative estimate of drug-likeness (QED) is 0.889. The van der Waals surface area contributed by atoms with Crippen molar-refractivity contribution in [3.8, 4) is 0 Å². The first kappa shape index (κ1) is 15.3. The van der Waals surface area contributed by atoms with Crippen LogP contribution in [0.1, 0.15) is 52.1 Å². The Hall–Kier alpha value is -1.09. The Morgan fingerprint density at radius 1 is 1.40 bits per heavy atom. The molecule has 3 nitrogen and oxygen atoms in total. The first-order chi connectivity index (χ1) is 9.63. The second-order valence-corrected chi connectivity index (χ2v) is 6.28. The molecular weight excluding hydrogens is 246 g/mol. The Kier molecular flexibility index (Phi) is 5.41. The van der Waals surface area contributed by atoms with Gasteiger partial charge in [0.15, 0.2) is 0 Å². The molecule has 0 radical (unpaired) electrons. The Morgan fingerprint density at radius 2 is 2.20 bits per heavy atom. The maximum absolute atomic E-state index is 4.68. The van der Waals surface area contributed by atoms with E-state index in [4.69, 9.17) is 0 Å². The summed E-state index contributed by atoms with van der Waals surface area (Å²) in [7, 11) is 0. The lowest BCUT2D eigenvalue weighted by Gasteiger charge is -2.37. The van der Waals surface area contributed by atoms with Crippen molar-refractivity contribution in [2.45, 2.75) is 46.6 Å². The maximum atomic E-state index is 4.68. The minimum absolute atomic E-state index is 0.369. The number of aromatic nitrogens is 1. The Labute approximate surface area is 123 Å². The first-order valence-electron chi connectivity index (χ1n) is 8.06. The smallest absolute Gasteiger partial charge is 0.133 e. The lowest BCUT2D eigenvalue weighted by atomic mass is 9.88. The molecule has 3 unspecified atom stereocenters. The molecule has 1 aromatic rings. The highest BCUT2D eigenvalue weighted by molar-refractivity contribution is 5.48. The summed E-state index contributed by atoms with van der Waals surface area (Å²) in [6.07, 6.45) is 4.36. The third-order valence-electron chi connectivity index (χ3n) is 4.62. The fourth-order valence-electron chi connectivity index (χ4n) is 2.94. The van der Waals surface area contributed by atoms with Crippen LogP contribution in [0, 0.1) is 11.8 Å². The number of rotatable bonds is 5. The van der Waals surface area contributed by atoms with Crippen LogP contribution >= 0.6 is 0 Å². The van der Waals surface area contributed by atoms with Gasteiger partial charge in [-0.2, -0.15) is 0 Å². The van der Waals surface area contributed by atoms with E-state index in [0.717, 1.165) is 37.9 Å². The van der Waals surface area contributed by atoms with E-state index in [-0.39, 0.29) is 0 Å². The SMILES string of the molecule is CCCNC(C)c1cccnc1N1CCC(C)C(C)C1. The Balaban J connectivity index is 2.15. The molecule has 0 aliphatic carbocycles. The number of nitrogens with zero attached hydrogens (tertiary/aromatic N) is 2. The molecule has 0 bridgehead atoms. The van der Waals surface area contributed by atoms with E-state index in [0.29, 0.717) is 6.04 Å². The summed E-state index contributed by atoms with van der Waals surface area (Å²) in [5, 5.41) is 3.58. The van der Waals surface area contributed by atoms with Crippen molar-refractivity contribution in [1.82, 2.24) is 10.3 Å². The number of nitrogens with one attached hydrogen (secondary N) is 1. The van der Waals surface area contributed by atoms with E-state index in [1.807, 2.05) is 6.20 Å². The second-order valence-electron chi connectivity index (χ2n) is 6.28. The number of anilines is 1. The van der Waals surface area contributed by atoms with Crippen molar-refractivity contribution in [2.24, 2.45) is 11.8 Å². The van der Waals surface area contributed by atoms with Crippen molar-refractivity contribution in [2.75, 3.05) is 24.5 Å². The topological polar surface area (TPSA) is 28.2 Å². The lowest BCUT2D eigenvalue weighted by Crippen LogP contribution is -2.39. The van der Waals surface area contributed by atoms with Crippen LogP contribution in [0.15, 0.2) is 18.3 Å². The molecule has 1 N–H and O–H groups in total. The van der Waals surface area contributed by atoms with E-state index in [2.05, 4.69) is 55.0 Å². The number of piperidine rings is 1. The molecule has 3 atom stereocenters. The van der Waals surface area contributed by atoms with Crippen LogP contribution in [-0.4, -0.2) is 24.6 Å². The summed E-state index contributed by atoms with van der Waals surface area (Å²) in [5.41, 5.74) is 1.34. The average Bonchev–Trinajstić information content (AvgIpc) is 2.47. The van der Waals surface area contributed by atoms with Gasteiger partial charge in [0.2, 0.25) is 0 Å². The molecule has 112 valence electrons. The molecule has 0 aromatic carbocycles. The van der Waals surface area contributed by atoms with Crippen LogP contribution in [0.5, 0.6) is 0 Å². The Bertz CT molecular complexity index is 418.